The molecule has 0 aliphatic carbocycles. The lowest BCUT2D eigenvalue weighted by molar-refractivity contribution is 0.105. The third kappa shape index (κ3) is 6.56. The fourth-order valence-corrected chi connectivity index (χ4v) is 1.27. The van der Waals surface area contributed by atoms with Gasteiger partial charge in [0.05, 0.1) is 6.34 Å². The Morgan fingerprint density at radius 1 is 1.57 bits per heavy atom. The number of hydrogen-bond donors (Lipinski definition) is 1. The number of aromatic nitrogens is 2. The molecule has 0 bridgehead atoms. The molecule has 0 aliphatic rings. The molecule has 0 aromatic carbocycles. The topological polar surface area (TPSA) is 62.6 Å². The second kappa shape index (κ2) is 8.04. The van der Waals surface area contributed by atoms with Gasteiger partial charge in [0.2, 0.25) is 0 Å². The summed E-state index contributed by atoms with van der Waals surface area (Å²) in [5.41, 5.74) is 1.88. The summed E-state index contributed by atoms with van der Waals surface area (Å²) in [6.07, 6.45) is 3.07. The molecule has 1 aromatic rings. The first kappa shape index (κ1) is 16.7. The summed E-state index contributed by atoms with van der Waals surface area (Å²) in [6, 6.07) is 2.17. The van der Waals surface area contributed by atoms with E-state index in [1.807, 2.05) is 33.9 Å². The normalized spacial score (nSPS) is 12.0. The summed E-state index contributed by atoms with van der Waals surface area (Å²) < 4.78 is 5.64. The van der Waals surface area contributed by atoms with Crippen LogP contribution < -0.4 is 10.1 Å². The molecule has 114 valence electrons. The first-order valence-corrected chi connectivity index (χ1v) is 6.68. The highest BCUT2D eigenvalue weighted by molar-refractivity contribution is 5.56. The van der Waals surface area contributed by atoms with Gasteiger partial charge in [0, 0.05) is 25.5 Å². The van der Waals surface area contributed by atoms with Gasteiger partial charge in [-0.3, -0.25) is 0 Å². The van der Waals surface area contributed by atoms with E-state index in [0.29, 0.717) is 18.4 Å². The molecule has 0 fully saturated rings. The minimum atomic E-state index is -0.246. The smallest absolute Gasteiger partial charge is 0.318 e. The Labute approximate surface area is 126 Å². The lowest BCUT2D eigenvalue weighted by atomic mass is 10.3. The Hall–Kier alpha value is -2.37. The van der Waals surface area contributed by atoms with Gasteiger partial charge in [0.1, 0.15) is 5.82 Å². The van der Waals surface area contributed by atoms with Crippen molar-refractivity contribution >= 4 is 6.34 Å². The summed E-state index contributed by atoms with van der Waals surface area (Å²) in [4.78, 5) is 14.3. The Morgan fingerprint density at radius 2 is 2.29 bits per heavy atom. The van der Waals surface area contributed by atoms with Crippen molar-refractivity contribution in [1.29, 1.82) is 0 Å². The molecule has 6 heteroatoms. The Morgan fingerprint density at radius 3 is 2.90 bits per heavy atom. The van der Waals surface area contributed by atoms with Crippen LogP contribution in [0.3, 0.4) is 0 Å². The van der Waals surface area contributed by atoms with Gasteiger partial charge in [-0.2, -0.15) is 0 Å². The summed E-state index contributed by atoms with van der Waals surface area (Å²) in [5.74, 6) is 0.573. The first-order valence-electron chi connectivity index (χ1n) is 6.68. The summed E-state index contributed by atoms with van der Waals surface area (Å²) in [6.45, 7) is 14.0. The second-order valence-electron chi connectivity index (χ2n) is 4.87. The molecule has 1 rings (SSSR count). The number of rotatable bonds is 8. The van der Waals surface area contributed by atoms with Gasteiger partial charge < -0.3 is 15.0 Å². The number of hydrogen-bond acceptors (Lipinski definition) is 5. The number of aliphatic imine (C=N–C) groups is 1. The van der Waals surface area contributed by atoms with Crippen molar-refractivity contribution in [3.63, 3.8) is 0 Å². The molecule has 0 radical (unpaired) electrons. The maximum atomic E-state index is 5.64. The van der Waals surface area contributed by atoms with Gasteiger partial charge in [0.15, 0.2) is 6.23 Å². The Bertz CT molecular complexity index is 527. The molecule has 0 spiro atoms. The van der Waals surface area contributed by atoms with Crippen LogP contribution in [0.5, 0.6) is 6.01 Å². The van der Waals surface area contributed by atoms with E-state index in [4.69, 9.17) is 4.74 Å². The maximum Gasteiger partial charge on any atom is 0.318 e. The highest BCUT2D eigenvalue weighted by Gasteiger charge is 2.09. The molecule has 0 amide bonds. The fourth-order valence-electron chi connectivity index (χ4n) is 1.27. The van der Waals surface area contributed by atoms with Gasteiger partial charge in [-0.1, -0.05) is 18.7 Å². The summed E-state index contributed by atoms with van der Waals surface area (Å²) >= 11 is 0. The van der Waals surface area contributed by atoms with Gasteiger partial charge in [-0.05, 0) is 26.8 Å². The minimum Gasteiger partial charge on any atom is -0.440 e. The van der Waals surface area contributed by atoms with Gasteiger partial charge >= 0.3 is 6.01 Å². The zero-order valence-corrected chi connectivity index (χ0v) is 13.1. The molecule has 0 saturated heterocycles. The first-order chi connectivity index (χ1) is 9.88. The van der Waals surface area contributed by atoms with Crippen LogP contribution in [0.4, 0.5) is 0 Å². The van der Waals surface area contributed by atoms with Crippen LogP contribution in [0.25, 0.3) is 0 Å². The highest BCUT2D eigenvalue weighted by atomic mass is 16.5. The predicted molar refractivity (Wildman–Crippen MR) is 85.1 cm³/mol. The zero-order chi connectivity index (χ0) is 15.8. The average molecular weight is 289 g/mol. The van der Waals surface area contributed by atoms with Crippen LogP contribution in [-0.4, -0.2) is 41.0 Å². The number of aryl methyl sites for hydroxylation is 1. The molecule has 1 aromatic heterocycles. The van der Waals surface area contributed by atoms with Crippen LogP contribution in [-0.2, 0) is 0 Å². The van der Waals surface area contributed by atoms with E-state index in [1.54, 1.807) is 17.4 Å². The molecule has 21 heavy (non-hydrogen) atoms. The number of nitrogens with zero attached hydrogens (tertiary/aromatic N) is 4. The van der Waals surface area contributed by atoms with Crippen molar-refractivity contribution in [2.45, 2.75) is 27.0 Å². The lowest BCUT2D eigenvalue weighted by Crippen LogP contribution is -2.33. The van der Waals surface area contributed by atoms with Crippen molar-refractivity contribution < 1.29 is 4.74 Å². The van der Waals surface area contributed by atoms with E-state index in [1.165, 1.54) is 0 Å². The van der Waals surface area contributed by atoms with Crippen LogP contribution in [0, 0.1) is 6.92 Å². The minimum absolute atomic E-state index is 0.246. The molecular weight excluding hydrogens is 266 g/mol. The molecule has 1 heterocycles. The SMILES string of the molecule is C=C(C)CNC(=C)N=CN(C)C(C)Oc1nccc(C)n1. The Balaban J connectivity index is 2.48. The number of ether oxygens (including phenoxy) is 1. The van der Waals surface area contributed by atoms with Gasteiger partial charge in [-0.15, -0.1) is 0 Å². The molecule has 1 N–H and O–H groups in total. The van der Waals surface area contributed by atoms with Crippen LogP contribution in [0.2, 0.25) is 0 Å². The predicted octanol–water partition coefficient (Wildman–Crippen LogP) is 2.11. The van der Waals surface area contributed by atoms with E-state index in [9.17, 15) is 0 Å². The standard InChI is InChI=1S/C15H23N5O/c1-11(2)9-17-13(4)18-10-20(6)14(5)21-15-16-8-7-12(3)19-15/h7-8,10,14,17H,1,4,9H2,2-3,5-6H3. The van der Waals surface area contributed by atoms with Crippen molar-refractivity contribution in [3.8, 4) is 6.01 Å². The van der Waals surface area contributed by atoms with Gasteiger partial charge in [0.25, 0.3) is 0 Å². The van der Waals surface area contributed by atoms with Crippen molar-refractivity contribution in [1.82, 2.24) is 20.2 Å². The second-order valence-corrected chi connectivity index (χ2v) is 4.87. The van der Waals surface area contributed by atoms with Crippen LogP contribution >= 0.6 is 0 Å². The zero-order valence-electron chi connectivity index (χ0n) is 13.1. The molecular formula is C15H23N5O. The average Bonchev–Trinajstić information content (AvgIpc) is 2.42. The van der Waals surface area contributed by atoms with E-state index < -0.39 is 0 Å². The van der Waals surface area contributed by atoms with E-state index in [2.05, 4.69) is 33.4 Å². The van der Waals surface area contributed by atoms with Crippen molar-refractivity contribution in [2.75, 3.05) is 13.6 Å². The molecule has 6 nitrogen and oxygen atoms in total. The largest absolute Gasteiger partial charge is 0.440 e. The quantitative estimate of drug-likeness (QED) is 0.344. The van der Waals surface area contributed by atoms with Crippen LogP contribution in [0.15, 0.2) is 41.8 Å². The van der Waals surface area contributed by atoms with Gasteiger partial charge in [-0.25, -0.2) is 15.0 Å². The van der Waals surface area contributed by atoms with Crippen molar-refractivity contribution in [3.05, 3.63) is 42.5 Å². The molecule has 0 aliphatic heterocycles. The van der Waals surface area contributed by atoms with Crippen LogP contribution in [0.1, 0.15) is 19.5 Å². The van der Waals surface area contributed by atoms with E-state index >= 15 is 0 Å². The van der Waals surface area contributed by atoms with Crippen molar-refractivity contribution in [2.24, 2.45) is 4.99 Å². The fraction of sp³-hybridized carbons (Fsp3) is 0.400. The van der Waals surface area contributed by atoms with E-state index in [-0.39, 0.29) is 6.23 Å². The molecule has 0 saturated carbocycles. The highest BCUT2D eigenvalue weighted by Crippen LogP contribution is 2.06. The number of nitrogens with one attached hydrogen (secondary N) is 1. The summed E-state index contributed by atoms with van der Waals surface area (Å²) in [5, 5.41) is 3.05. The van der Waals surface area contributed by atoms with E-state index in [0.717, 1.165) is 11.3 Å². The third-order valence-corrected chi connectivity index (χ3v) is 2.61. The maximum absolute atomic E-state index is 5.64. The molecule has 1 unspecified atom stereocenters. The third-order valence-electron chi connectivity index (χ3n) is 2.61. The molecule has 1 atom stereocenters. The summed E-state index contributed by atoms with van der Waals surface area (Å²) in [7, 11) is 1.86. The monoisotopic (exact) mass is 289 g/mol. The lowest BCUT2D eigenvalue weighted by Gasteiger charge is -2.22. The Kier molecular flexibility index (Phi) is 6.39.